The van der Waals surface area contributed by atoms with E-state index in [1.807, 2.05) is 49.5 Å². The summed E-state index contributed by atoms with van der Waals surface area (Å²) in [6, 6.07) is 18.4. The summed E-state index contributed by atoms with van der Waals surface area (Å²) in [7, 11) is 1.96. The van der Waals surface area contributed by atoms with Crippen LogP contribution >= 0.6 is 0 Å². The van der Waals surface area contributed by atoms with Gasteiger partial charge in [-0.05, 0) is 43.8 Å². The Morgan fingerprint density at radius 2 is 1.57 bits per heavy atom. The zero-order chi connectivity index (χ0) is 14.9. The quantitative estimate of drug-likeness (QED) is 0.748. The molecule has 0 bridgehead atoms. The van der Waals surface area contributed by atoms with E-state index < -0.39 is 0 Å². The van der Waals surface area contributed by atoms with Gasteiger partial charge in [0.15, 0.2) is 0 Å². The van der Waals surface area contributed by atoms with Crippen LogP contribution in [-0.4, -0.2) is 20.3 Å². The summed E-state index contributed by atoms with van der Waals surface area (Å²) >= 11 is 0. The second-order valence-electron chi connectivity index (χ2n) is 4.95. The van der Waals surface area contributed by atoms with E-state index in [1.54, 1.807) is 0 Å². The Labute approximate surface area is 126 Å². The Bertz CT molecular complexity index is 528. The van der Waals surface area contributed by atoms with Crippen molar-refractivity contribution in [3.8, 4) is 11.5 Å². The largest absolute Gasteiger partial charge is 0.493 e. The van der Waals surface area contributed by atoms with E-state index in [2.05, 4.69) is 24.4 Å². The molecule has 0 spiro atoms. The van der Waals surface area contributed by atoms with Crippen LogP contribution in [0, 0.1) is 0 Å². The number of benzene rings is 2. The van der Waals surface area contributed by atoms with Crippen LogP contribution in [0.15, 0.2) is 54.6 Å². The van der Waals surface area contributed by atoms with Crippen molar-refractivity contribution in [2.75, 3.05) is 20.3 Å². The molecule has 2 rings (SSSR count). The van der Waals surface area contributed by atoms with Crippen molar-refractivity contribution in [3.05, 3.63) is 60.2 Å². The summed E-state index contributed by atoms with van der Waals surface area (Å²) in [5, 5.41) is 3.23. The first-order valence-electron chi connectivity index (χ1n) is 7.37. The number of rotatable bonds is 8. The third-order valence-electron chi connectivity index (χ3n) is 3.36. The highest BCUT2D eigenvalue weighted by Crippen LogP contribution is 2.19. The molecular weight excluding hydrogens is 262 g/mol. The molecule has 0 aliphatic rings. The molecule has 112 valence electrons. The first-order valence-corrected chi connectivity index (χ1v) is 7.37. The molecule has 0 aliphatic carbocycles. The van der Waals surface area contributed by atoms with Gasteiger partial charge in [0.05, 0.1) is 13.2 Å². The molecule has 0 amide bonds. The minimum Gasteiger partial charge on any atom is -0.493 e. The van der Waals surface area contributed by atoms with Crippen LogP contribution in [-0.2, 0) is 0 Å². The molecule has 1 atom stereocenters. The maximum Gasteiger partial charge on any atom is 0.119 e. The fourth-order valence-electron chi connectivity index (χ4n) is 2.00. The van der Waals surface area contributed by atoms with E-state index in [0.29, 0.717) is 19.3 Å². The Morgan fingerprint density at radius 1 is 0.905 bits per heavy atom. The van der Waals surface area contributed by atoms with Gasteiger partial charge < -0.3 is 14.8 Å². The fourth-order valence-corrected chi connectivity index (χ4v) is 2.00. The van der Waals surface area contributed by atoms with Crippen LogP contribution in [0.2, 0.25) is 0 Å². The number of para-hydroxylation sites is 1. The average molecular weight is 285 g/mol. The fraction of sp³-hybridized carbons (Fsp3) is 0.333. The van der Waals surface area contributed by atoms with E-state index in [4.69, 9.17) is 9.47 Å². The minimum absolute atomic E-state index is 0.329. The summed E-state index contributed by atoms with van der Waals surface area (Å²) in [5.74, 6) is 1.82. The lowest BCUT2D eigenvalue weighted by atomic mass is 10.1. The topological polar surface area (TPSA) is 30.5 Å². The van der Waals surface area contributed by atoms with Crippen molar-refractivity contribution in [3.63, 3.8) is 0 Å². The van der Waals surface area contributed by atoms with Gasteiger partial charge in [-0.15, -0.1) is 0 Å². The third-order valence-corrected chi connectivity index (χ3v) is 3.36. The summed E-state index contributed by atoms with van der Waals surface area (Å²) in [6.07, 6.45) is 0.862. The van der Waals surface area contributed by atoms with Gasteiger partial charge in [0.1, 0.15) is 11.5 Å². The number of nitrogens with one attached hydrogen (secondary N) is 1. The highest BCUT2D eigenvalue weighted by Gasteiger charge is 2.03. The molecule has 2 aromatic carbocycles. The molecule has 0 fully saturated rings. The van der Waals surface area contributed by atoms with Crippen molar-refractivity contribution in [1.82, 2.24) is 5.32 Å². The van der Waals surface area contributed by atoms with Crippen LogP contribution in [0.4, 0.5) is 0 Å². The van der Waals surface area contributed by atoms with Gasteiger partial charge in [-0.3, -0.25) is 0 Å². The summed E-state index contributed by atoms with van der Waals surface area (Å²) < 4.78 is 11.4. The summed E-state index contributed by atoms with van der Waals surface area (Å²) in [4.78, 5) is 0. The average Bonchev–Trinajstić information content (AvgIpc) is 2.55. The van der Waals surface area contributed by atoms with E-state index in [0.717, 1.165) is 17.9 Å². The Morgan fingerprint density at radius 3 is 2.29 bits per heavy atom. The molecule has 2 aromatic rings. The van der Waals surface area contributed by atoms with Crippen molar-refractivity contribution in [2.45, 2.75) is 19.4 Å². The van der Waals surface area contributed by atoms with E-state index in [-0.39, 0.29) is 0 Å². The molecule has 21 heavy (non-hydrogen) atoms. The van der Waals surface area contributed by atoms with Crippen molar-refractivity contribution in [2.24, 2.45) is 0 Å². The predicted octanol–water partition coefficient (Wildman–Crippen LogP) is 3.81. The monoisotopic (exact) mass is 285 g/mol. The van der Waals surface area contributed by atoms with Crippen LogP contribution in [0.1, 0.15) is 24.9 Å². The standard InChI is InChI=1S/C18H23NO2/c1-15(19-2)16-8-6-11-18(14-16)21-13-7-12-20-17-9-4-3-5-10-17/h3-6,8-11,14-15,19H,7,12-13H2,1-2H3. The van der Waals surface area contributed by atoms with Gasteiger partial charge in [0, 0.05) is 12.5 Å². The normalized spacial score (nSPS) is 11.9. The first kappa shape index (κ1) is 15.4. The minimum atomic E-state index is 0.329. The molecule has 0 aromatic heterocycles. The zero-order valence-electron chi connectivity index (χ0n) is 12.7. The molecule has 0 saturated heterocycles. The van der Waals surface area contributed by atoms with Gasteiger partial charge in [0.2, 0.25) is 0 Å². The van der Waals surface area contributed by atoms with Crippen LogP contribution in [0.3, 0.4) is 0 Å². The van der Waals surface area contributed by atoms with Gasteiger partial charge in [-0.1, -0.05) is 30.3 Å². The second-order valence-corrected chi connectivity index (χ2v) is 4.95. The molecule has 0 radical (unpaired) electrons. The SMILES string of the molecule is CNC(C)c1cccc(OCCCOc2ccccc2)c1. The molecule has 3 heteroatoms. The maximum atomic E-state index is 5.77. The highest BCUT2D eigenvalue weighted by atomic mass is 16.5. The first-order chi connectivity index (χ1) is 10.3. The van der Waals surface area contributed by atoms with E-state index in [1.165, 1.54) is 5.56 Å². The summed E-state index contributed by atoms with van der Waals surface area (Å²) in [6.45, 7) is 3.45. The summed E-state index contributed by atoms with van der Waals surface area (Å²) in [5.41, 5.74) is 1.23. The molecule has 1 N–H and O–H groups in total. The van der Waals surface area contributed by atoms with Gasteiger partial charge in [-0.2, -0.15) is 0 Å². The smallest absolute Gasteiger partial charge is 0.119 e. The number of hydrogen-bond acceptors (Lipinski definition) is 3. The molecule has 0 saturated carbocycles. The van der Waals surface area contributed by atoms with Crippen molar-refractivity contribution >= 4 is 0 Å². The molecule has 0 aliphatic heterocycles. The van der Waals surface area contributed by atoms with E-state index in [9.17, 15) is 0 Å². The van der Waals surface area contributed by atoms with Gasteiger partial charge in [0.25, 0.3) is 0 Å². The lowest BCUT2D eigenvalue weighted by Gasteiger charge is -2.13. The van der Waals surface area contributed by atoms with Gasteiger partial charge in [-0.25, -0.2) is 0 Å². The lowest BCUT2D eigenvalue weighted by molar-refractivity contribution is 0.247. The van der Waals surface area contributed by atoms with Crippen LogP contribution in [0.25, 0.3) is 0 Å². The third kappa shape index (κ3) is 5.12. The van der Waals surface area contributed by atoms with Crippen LogP contribution in [0.5, 0.6) is 11.5 Å². The van der Waals surface area contributed by atoms with Gasteiger partial charge >= 0.3 is 0 Å². The maximum absolute atomic E-state index is 5.77. The van der Waals surface area contributed by atoms with Crippen molar-refractivity contribution in [1.29, 1.82) is 0 Å². The highest BCUT2D eigenvalue weighted by molar-refractivity contribution is 5.30. The number of ether oxygens (including phenoxy) is 2. The Hall–Kier alpha value is -2.00. The second kappa shape index (κ2) is 8.32. The molecule has 3 nitrogen and oxygen atoms in total. The predicted molar refractivity (Wildman–Crippen MR) is 86.0 cm³/mol. The Kier molecular flexibility index (Phi) is 6.10. The molecule has 1 unspecified atom stereocenters. The number of hydrogen-bond donors (Lipinski definition) is 1. The van der Waals surface area contributed by atoms with E-state index >= 15 is 0 Å². The molecule has 0 heterocycles. The zero-order valence-corrected chi connectivity index (χ0v) is 12.7. The molecular formula is C18H23NO2. The van der Waals surface area contributed by atoms with Crippen LogP contribution < -0.4 is 14.8 Å². The Balaban J connectivity index is 1.71. The van der Waals surface area contributed by atoms with Crippen molar-refractivity contribution < 1.29 is 9.47 Å². The lowest BCUT2D eigenvalue weighted by Crippen LogP contribution is -2.12.